The van der Waals surface area contributed by atoms with Crippen molar-refractivity contribution in [3.05, 3.63) is 69.8 Å². The predicted molar refractivity (Wildman–Crippen MR) is 83.9 cm³/mol. The van der Waals surface area contributed by atoms with Crippen LogP contribution in [0.1, 0.15) is 16.1 Å². The first-order valence-corrected chi connectivity index (χ1v) is 7.08. The minimum atomic E-state index is -0.405. The summed E-state index contributed by atoms with van der Waals surface area (Å²) in [6.07, 6.45) is 0. The van der Waals surface area contributed by atoms with Gasteiger partial charge in [0.15, 0.2) is 0 Å². The van der Waals surface area contributed by atoms with Crippen LogP contribution in [0.5, 0.6) is 0 Å². The van der Waals surface area contributed by atoms with Gasteiger partial charge in [0.2, 0.25) is 0 Å². The molecule has 0 bridgehead atoms. The Morgan fingerprint density at radius 3 is 2.62 bits per heavy atom. The number of rotatable bonds is 3. The summed E-state index contributed by atoms with van der Waals surface area (Å²) in [5.74, 6) is -0.405. The van der Waals surface area contributed by atoms with E-state index >= 15 is 0 Å². The van der Waals surface area contributed by atoms with Crippen molar-refractivity contribution < 1.29 is 9.53 Å². The summed E-state index contributed by atoms with van der Waals surface area (Å²) in [7, 11) is 0. The molecule has 0 aliphatic rings. The molecule has 0 unspecified atom stereocenters. The topological polar surface area (TPSA) is 42.1 Å². The number of aromatic nitrogens is 1. The monoisotopic (exact) mass is 319 g/mol. The van der Waals surface area contributed by atoms with Crippen molar-refractivity contribution in [3.8, 4) is 0 Å². The number of halogens is 2. The molecule has 0 saturated heterocycles. The normalized spacial score (nSPS) is 10.8. The molecule has 3 rings (SSSR count). The summed E-state index contributed by atoms with van der Waals surface area (Å²) in [6.45, 7) is 0.144. The molecular weight excluding hydrogens is 309 g/mol. The number of carbonyl (C=O) groups excluding carboxylic acids is 1. The van der Waals surface area contributed by atoms with Gasteiger partial charge in [-0.15, -0.1) is 0 Å². The van der Waals surface area contributed by atoms with Crippen molar-refractivity contribution >= 4 is 40.1 Å². The maximum Gasteiger partial charge on any atom is 0.355 e. The van der Waals surface area contributed by atoms with Crippen LogP contribution in [0, 0.1) is 0 Å². The molecule has 21 heavy (non-hydrogen) atoms. The van der Waals surface area contributed by atoms with Gasteiger partial charge >= 0.3 is 5.97 Å². The maximum absolute atomic E-state index is 12.0. The second-order valence-electron chi connectivity index (χ2n) is 4.59. The van der Waals surface area contributed by atoms with Crippen molar-refractivity contribution in [1.29, 1.82) is 0 Å². The zero-order chi connectivity index (χ0) is 14.8. The number of benzene rings is 2. The van der Waals surface area contributed by atoms with E-state index in [1.54, 1.807) is 24.3 Å². The first-order valence-electron chi connectivity index (χ1n) is 6.32. The Morgan fingerprint density at radius 2 is 1.86 bits per heavy atom. The Hall–Kier alpha value is -1.97. The molecule has 3 aromatic rings. The fourth-order valence-corrected chi connectivity index (χ4v) is 2.36. The molecule has 0 saturated carbocycles. The van der Waals surface area contributed by atoms with Crippen LogP contribution in [0.15, 0.2) is 48.5 Å². The number of nitrogens with one attached hydrogen (secondary N) is 1. The van der Waals surface area contributed by atoms with Gasteiger partial charge in [0, 0.05) is 10.9 Å². The van der Waals surface area contributed by atoms with E-state index in [2.05, 4.69) is 4.98 Å². The molecule has 1 aromatic heterocycles. The number of esters is 1. The fraction of sp³-hybridized carbons (Fsp3) is 0.0625. The third-order valence-corrected chi connectivity index (χ3v) is 3.84. The predicted octanol–water partition coefficient (Wildman–Crippen LogP) is 4.83. The zero-order valence-electron chi connectivity index (χ0n) is 10.9. The smallest absolute Gasteiger partial charge is 0.355 e. The van der Waals surface area contributed by atoms with Gasteiger partial charge in [0.25, 0.3) is 0 Å². The summed E-state index contributed by atoms with van der Waals surface area (Å²) < 4.78 is 5.27. The lowest BCUT2D eigenvalue weighted by Gasteiger charge is -2.04. The average molecular weight is 320 g/mol. The summed E-state index contributed by atoms with van der Waals surface area (Å²) in [4.78, 5) is 15.1. The lowest BCUT2D eigenvalue weighted by molar-refractivity contribution is 0.0467. The number of aromatic amines is 1. The van der Waals surface area contributed by atoms with Crippen LogP contribution in [0.3, 0.4) is 0 Å². The van der Waals surface area contributed by atoms with Gasteiger partial charge in [-0.1, -0.05) is 47.5 Å². The Morgan fingerprint density at radius 1 is 1.05 bits per heavy atom. The highest BCUT2D eigenvalue weighted by Crippen LogP contribution is 2.23. The number of carbonyl (C=O) groups is 1. The molecule has 0 aliphatic heterocycles. The molecule has 1 N–H and O–H groups in total. The molecule has 0 aliphatic carbocycles. The lowest BCUT2D eigenvalue weighted by Crippen LogP contribution is -2.05. The molecule has 0 atom stereocenters. The van der Waals surface area contributed by atoms with Gasteiger partial charge in [-0.2, -0.15) is 0 Å². The number of hydrogen-bond donors (Lipinski definition) is 1. The minimum Gasteiger partial charge on any atom is -0.456 e. The van der Waals surface area contributed by atoms with Crippen molar-refractivity contribution in [2.45, 2.75) is 6.61 Å². The summed E-state index contributed by atoms with van der Waals surface area (Å²) in [5, 5.41) is 1.89. The maximum atomic E-state index is 12.0. The average Bonchev–Trinajstić information content (AvgIpc) is 2.92. The SMILES string of the molecule is O=C(OCc1ccc(Cl)c(Cl)c1)c1cc2ccccc2[nH]1. The van der Waals surface area contributed by atoms with E-state index in [1.165, 1.54) is 0 Å². The lowest BCUT2D eigenvalue weighted by atomic mass is 10.2. The number of hydrogen-bond acceptors (Lipinski definition) is 2. The standard InChI is InChI=1S/C16H11Cl2NO2/c17-12-6-5-10(7-13(12)18)9-21-16(20)15-8-11-3-1-2-4-14(11)19-15/h1-8,19H,9H2. The molecule has 0 amide bonds. The second kappa shape index (κ2) is 5.80. The molecule has 2 aromatic carbocycles. The van der Waals surface area contributed by atoms with E-state index in [0.29, 0.717) is 15.7 Å². The first kappa shape index (κ1) is 14.0. The molecule has 0 spiro atoms. The van der Waals surface area contributed by atoms with Crippen molar-refractivity contribution in [2.75, 3.05) is 0 Å². The summed E-state index contributed by atoms with van der Waals surface area (Å²) in [6, 6.07) is 14.6. The number of H-pyrrole nitrogens is 1. The van der Waals surface area contributed by atoms with Gasteiger partial charge in [0.05, 0.1) is 10.0 Å². The highest BCUT2D eigenvalue weighted by Gasteiger charge is 2.11. The van der Waals surface area contributed by atoms with E-state index < -0.39 is 5.97 Å². The Kier molecular flexibility index (Phi) is 3.86. The Bertz CT molecular complexity index is 778. The Labute approximate surface area is 131 Å². The summed E-state index contributed by atoms with van der Waals surface area (Å²) >= 11 is 11.8. The van der Waals surface area contributed by atoms with Crippen LogP contribution in [0.25, 0.3) is 10.9 Å². The fourth-order valence-electron chi connectivity index (χ4n) is 2.04. The van der Waals surface area contributed by atoms with Crippen LogP contribution in [0.2, 0.25) is 10.0 Å². The molecule has 106 valence electrons. The van der Waals surface area contributed by atoms with Crippen LogP contribution >= 0.6 is 23.2 Å². The van der Waals surface area contributed by atoms with Crippen molar-refractivity contribution in [1.82, 2.24) is 4.98 Å². The largest absolute Gasteiger partial charge is 0.456 e. The molecule has 0 fully saturated rings. The molecule has 1 heterocycles. The van der Waals surface area contributed by atoms with Gasteiger partial charge in [0.1, 0.15) is 12.3 Å². The highest BCUT2D eigenvalue weighted by molar-refractivity contribution is 6.42. The van der Waals surface area contributed by atoms with E-state index in [0.717, 1.165) is 16.5 Å². The summed E-state index contributed by atoms with van der Waals surface area (Å²) in [5.41, 5.74) is 2.11. The van der Waals surface area contributed by atoms with E-state index in [4.69, 9.17) is 27.9 Å². The number of ether oxygens (including phenoxy) is 1. The third-order valence-electron chi connectivity index (χ3n) is 3.10. The van der Waals surface area contributed by atoms with Crippen molar-refractivity contribution in [2.24, 2.45) is 0 Å². The van der Waals surface area contributed by atoms with E-state index in [-0.39, 0.29) is 6.61 Å². The molecule has 3 nitrogen and oxygen atoms in total. The third kappa shape index (κ3) is 3.04. The van der Waals surface area contributed by atoms with Crippen LogP contribution < -0.4 is 0 Å². The van der Waals surface area contributed by atoms with Crippen molar-refractivity contribution in [3.63, 3.8) is 0 Å². The van der Waals surface area contributed by atoms with Crippen LogP contribution in [-0.2, 0) is 11.3 Å². The Balaban J connectivity index is 1.72. The highest BCUT2D eigenvalue weighted by atomic mass is 35.5. The molecular formula is C16H11Cl2NO2. The van der Waals surface area contributed by atoms with Gasteiger partial charge in [-0.3, -0.25) is 0 Å². The second-order valence-corrected chi connectivity index (χ2v) is 5.41. The van der Waals surface area contributed by atoms with Crippen LogP contribution in [-0.4, -0.2) is 11.0 Å². The van der Waals surface area contributed by atoms with E-state index in [1.807, 2.05) is 24.3 Å². The molecule has 5 heteroatoms. The number of fused-ring (bicyclic) bond motifs is 1. The minimum absolute atomic E-state index is 0.144. The number of para-hydroxylation sites is 1. The van der Waals surface area contributed by atoms with Crippen LogP contribution in [0.4, 0.5) is 0 Å². The quantitative estimate of drug-likeness (QED) is 0.702. The molecule has 0 radical (unpaired) electrons. The van der Waals surface area contributed by atoms with E-state index in [9.17, 15) is 4.79 Å². The first-order chi connectivity index (χ1) is 10.1. The van der Waals surface area contributed by atoms with Gasteiger partial charge in [-0.25, -0.2) is 4.79 Å². The zero-order valence-corrected chi connectivity index (χ0v) is 12.4. The van der Waals surface area contributed by atoms with Gasteiger partial charge < -0.3 is 9.72 Å². The van der Waals surface area contributed by atoms with Gasteiger partial charge in [-0.05, 0) is 29.8 Å².